The first-order chi connectivity index (χ1) is 8.66. The van der Waals surface area contributed by atoms with E-state index in [-0.39, 0.29) is 5.91 Å². The van der Waals surface area contributed by atoms with E-state index in [1.807, 2.05) is 29.2 Å². The summed E-state index contributed by atoms with van der Waals surface area (Å²) in [6.07, 6.45) is 3.38. The Balaban J connectivity index is 1.97. The van der Waals surface area contributed by atoms with Gasteiger partial charge in [0.2, 0.25) is 5.91 Å². The Morgan fingerprint density at radius 3 is 2.56 bits per heavy atom. The highest BCUT2D eigenvalue weighted by atomic mass is 35.5. The van der Waals surface area contributed by atoms with Crippen LogP contribution in [-0.2, 0) is 4.79 Å². The van der Waals surface area contributed by atoms with Crippen LogP contribution in [0.25, 0.3) is 6.08 Å². The smallest absolute Gasteiger partial charge is 0.246 e. The number of halogens is 1. The van der Waals surface area contributed by atoms with Gasteiger partial charge in [-0.2, -0.15) is 0 Å². The zero-order chi connectivity index (χ0) is 13.0. The number of likely N-dealkylation sites (N-methyl/N-ethyl adjacent to an activating group) is 1. The molecule has 1 heterocycles. The van der Waals surface area contributed by atoms with Gasteiger partial charge in [-0.3, -0.25) is 4.79 Å². The van der Waals surface area contributed by atoms with E-state index in [0.29, 0.717) is 5.02 Å². The van der Waals surface area contributed by atoms with Gasteiger partial charge in [0, 0.05) is 37.3 Å². The highest BCUT2D eigenvalue weighted by molar-refractivity contribution is 6.32. The summed E-state index contributed by atoms with van der Waals surface area (Å²) in [5.74, 6) is 0.0584. The maximum Gasteiger partial charge on any atom is 0.246 e. The van der Waals surface area contributed by atoms with Crippen LogP contribution in [0.5, 0.6) is 0 Å². The fraction of sp³-hybridized carbons (Fsp3) is 0.357. The third-order valence-corrected chi connectivity index (χ3v) is 3.47. The van der Waals surface area contributed by atoms with E-state index in [4.69, 9.17) is 11.6 Å². The van der Waals surface area contributed by atoms with Crippen LogP contribution in [0.1, 0.15) is 5.56 Å². The van der Waals surface area contributed by atoms with Crippen molar-refractivity contribution in [2.75, 3.05) is 33.2 Å². The van der Waals surface area contributed by atoms with E-state index >= 15 is 0 Å². The van der Waals surface area contributed by atoms with Crippen LogP contribution < -0.4 is 0 Å². The van der Waals surface area contributed by atoms with Gasteiger partial charge < -0.3 is 9.80 Å². The van der Waals surface area contributed by atoms with Crippen LogP contribution in [0, 0.1) is 0 Å². The lowest BCUT2D eigenvalue weighted by atomic mass is 10.2. The van der Waals surface area contributed by atoms with Crippen LogP contribution in [0.15, 0.2) is 30.3 Å². The molecule has 0 saturated carbocycles. The molecule has 0 bridgehead atoms. The molecule has 1 amide bonds. The lowest BCUT2D eigenvalue weighted by molar-refractivity contribution is -0.127. The van der Waals surface area contributed by atoms with Crippen LogP contribution in [0.4, 0.5) is 0 Å². The maximum absolute atomic E-state index is 12.0. The Kier molecular flexibility index (Phi) is 4.39. The van der Waals surface area contributed by atoms with Gasteiger partial charge in [0.25, 0.3) is 0 Å². The van der Waals surface area contributed by atoms with Gasteiger partial charge in [-0.15, -0.1) is 0 Å². The molecule has 1 aliphatic heterocycles. The molecule has 0 aliphatic carbocycles. The average Bonchev–Trinajstić information content (AvgIpc) is 2.38. The quantitative estimate of drug-likeness (QED) is 0.764. The molecule has 96 valence electrons. The Labute approximate surface area is 113 Å². The molecule has 18 heavy (non-hydrogen) atoms. The summed E-state index contributed by atoms with van der Waals surface area (Å²) >= 11 is 6.03. The van der Waals surface area contributed by atoms with Crippen LogP contribution >= 0.6 is 11.6 Å². The van der Waals surface area contributed by atoms with Gasteiger partial charge in [0.1, 0.15) is 0 Å². The number of hydrogen-bond acceptors (Lipinski definition) is 2. The number of carbonyl (C=O) groups excluding carboxylic acids is 1. The second kappa shape index (κ2) is 6.03. The molecule has 0 radical (unpaired) electrons. The summed E-state index contributed by atoms with van der Waals surface area (Å²) in [5.41, 5.74) is 0.877. The van der Waals surface area contributed by atoms with E-state index in [1.54, 1.807) is 12.2 Å². The van der Waals surface area contributed by atoms with E-state index in [9.17, 15) is 4.79 Å². The first-order valence-electron chi connectivity index (χ1n) is 6.07. The minimum Gasteiger partial charge on any atom is -0.337 e. The number of benzene rings is 1. The fourth-order valence-electron chi connectivity index (χ4n) is 1.90. The van der Waals surface area contributed by atoms with Gasteiger partial charge in [-0.25, -0.2) is 0 Å². The standard InChI is InChI=1S/C14H17ClN2O/c1-16-8-10-17(11-9-16)14(18)7-6-12-4-2-3-5-13(12)15/h2-7H,8-11H2,1H3/b7-6-. The largest absolute Gasteiger partial charge is 0.337 e. The molecule has 0 atom stereocenters. The van der Waals surface area contributed by atoms with Crippen molar-refractivity contribution in [1.82, 2.24) is 9.80 Å². The van der Waals surface area contributed by atoms with E-state index in [0.717, 1.165) is 31.7 Å². The van der Waals surface area contributed by atoms with Crippen molar-refractivity contribution in [2.24, 2.45) is 0 Å². The maximum atomic E-state index is 12.0. The number of rotatable bonds is 2. The Morgan fingerprint density at radius 2 is 1.89 bits per heavy atom. The predicted octanol–water partition coefficient (Wildman–Crippen LogP) is 2.13. The first kappa shape index (κ1) is 13.1. The summed E-state index contributed by atoms with van der Waals surface area (Å²) in [5, 5.41) is 0.667. The Morgan fingerprint density at radius 1 is 1.22 bits per heavy atom. The van der Waals surface area contributed by atoms with Crippen molar-refractivity contribution >= 4 is 23.6 Å². The lowest BCUT2D eigenvalue weighted by Crippen LogP contribution is -2.46. The van der Waals surface area contributed by atoms with E-state index in [2.05, 4.69) is 11.9 Å². The van der Waals surface area contributed by atoms with Gasteiger partial charge in [-0.05, 0) is 24.8 Å². The molecular weight excluding hydrogens is 248 g/mol. The number of piperazine rings is 1. The molecule has 4 heteroatoms. The summed E-state index contributed by atoms with van der Waals surface area (Å²) in [6, 6.07) is 7.51. The molecule has 1 aliphatic rings. The highest BCUT2D eigenvalue weighted by Gasteiger charge is 2.16. The molecule has 2 rings (SSSR count). The van der Waals surface area contributed by atoms with Crippen LogP contribution in [0.3, 0.4) is 0 Å². The summed E-state index contributed by atoms with van der Waals surface area (Å²) in [7, 11) is 2.07. The van der Waals surface area contributed by atoms with Crippen molar-refractivity contribution in [1.29, 1.82) is 0 Å². The third kappa shape index (κ3) is 3.34. The van der Waals surface area contributed by atoms with E-state index < -0.39 is 0 Å². The molecule has 1 saturated heterocycles. The highest BCUT2D eigenvalue weighted by Crippen LogP contribution is 2.16. The predicted molar refractivity (Wildman–Crippen MR) is 74.6 cm³/mol. The third-order valence-electron chi connectivity index (χ3n) is 3.13. The van der Waals surface area contributed by atoms with Crippen molar-refractivity contribution in [3.8, 4) is 0 Å². The normalized spacial score (nSPS) is 17.3. The summed E-state index contributed by atoms with van der Waals surface area (Å²) < 4.78 is 0. The first-order valence-corrected chi connectivity index (χ1v) is 6.44. The summed E-state index contributed by atoms with van der Waals surface area (Å²) in [4.78, 5) is 16.1. The minimum atomic E-state index is 0.0584. The average molecular weight is 265 g/mol. The molecule has 1 aromatic rings. The molecule has 0 aromatic heterocycles. The SMILES string of the molecule is CN1CCN(C(=O)/C=C\c2ccccc2Cl)CC1. The minimum absolute atomic E-state index is 0.0584. The van der Waals surface area contributed by atoms with Crippen molar-refractivity contribution in [3.63, 3.8) is 0 Å². The lowest BCUT2D eigenvalue weighted by Gasteiger charge is -2.31. The molecule has 1 fully saturated rings. The number of hydrogen-bond donors (Lipinski definition) is 0. The Bertz CT molecular complexity index is 451. The summed E-state index contributed by atoms with van der Waals surface area (Å²) in [6.45, 7) is 3.46. The Hall–Kier alpha value is -1.32. The molecule has 0 N–H and O–H groups in total. The monoisotopic (exact) mass is 264 g/mol. The number of nitrogens with zero attached hydrogens (tertiary/aromatic N) is 2. The second-order valence-electron chi connectivity index (χ2n) is 4.48. The van der Waals surface area contributed by atoms with Crippen molar-refractivity contribution < 1.29 is 4.79 Å². The zero-order valence-electron chi connectivity index (χ0n) is 10.5. The molecule has 0 spiro atoms. The zero-order valence-corrected chi connectivity index (χ0v) is 11.2. The number of carbonyl (C=O) groups is 1. The van der Waals surface area contributed by atoms with Crippen LogP contribution in [0.2, 0.25) is 5.02 Å². The molecule has 1 aromatic carbocycles. The van der Waals surface area contributed by atoms with Gasteiger partial charge >= 0.3 is 0 Å². The van der Waals surface area contributed by atoms with Gasteiger partial charge in [-0.1, -0.05) is 29.8 Å². The number of amides is 1. The van der Waals surface area contributed by atoms with Crippen LogP contribution in [-0.4, -0.2) is 48.9 Å². The van der Waals surface area contributed by atoms with Gasteiger partial charge in [0.05, 0.1) is 0 Å². The van der Waals surface area contributed by atoms with Crippen molar-refractivity contribution in [2.45, 2.75) is 0 Å². The topological polar surface area (TPSA) is 23.6 Å². The van der Waals surface area contributed by atoms with Gasteiger partial charge in [0.15, 0.2) is 0 Å². The van der Waals surface area contributed by atoms with Crippen molar-refractivity contribution in [3.05, 3.63) is 40.9 Å². The molecule has 3 nitrogen and oxygen atoms in total. The second-order valence-corrected chi connectivity index (χ2v) is 4.89. The molecule has 0 unspecified atom stereocenters. The van der Waals surface area contributed by atoms with E-state index in [1.165, 1.54) is 0 Å². The fourth-order valence-corrected chi connectivity index (χ4v) is 2.10. The molecular formula is C14H17ClN2O.